The van der Waals surface area contributed by atoms with E-state index >= 15 is 0 Å². The summed E-state index contributed by atoms with van der Waals surface area (Å²) in [4.78, 5) is 0. The highest BCUT2D eigenvalue weighted by Gasteiger charge is 2.09. The van der Waals surface area contributed by atoms with Crippen molar-refractivity contribution in [1.29, 1.82) is 0 Å². The van der Waals surface area contributed by atoms with Gasteiger partial charge in [-0.15, -0.1) is 0 Å². The van der Waals surface area contributed by atoms with E-state index in [0.717, 1.165) is 17.1 Å². The molecule has 0 radical (unpaired) electrons. The Kier molecular flexibility index (Phi) is 4.99. The molecule has 2 nitrogen and oxygen atoms in total. The van der Waals surface area contributed by atoms with Crippen molar-refractivity contribution >= 4 is 11.8 Å². The highest BCUT2D eigenvalue weighted by Crippen LogP contribution is 2.23. The van der Waals surface area contributed by atoms with E-state index in [1.165, 1.54) is 0 Å². The maximum atomic E-state index is 9.91. The average Bonchev–Trinajstić information content (AvgIpc) is 2.26. The van der Waals surface area contributed by atoms with E-state index in [2.05, 4.69) is 13.8 Å². The second kappa shape index (κ2) is 6.03. The summed E-state index contributed by atoms with van der Waals surface area (Å²) in [6.07, 6.45) is -0.410. The van der Waals surface area contributed by atoms with E-state index < -0.39 is 6.10 Å². The van der Waals surface area contributed by atoms with Crippen LogP contribution in [0.4, 0.5) is 0 Å². The van der Waals surface area contributed by atoms with Gasteiger partial charge in [0, 0.05) is 5.75 Å². The maximum Gasteiger partial charge on any atom is 0.119 e. The van der Waals surface area contributed by atoms with E-state index in [1.807, 2.05) is 24.3 Å². The maximum absolute atomic E-state index is 9.91. The van der Waals surface area contributed by atoms with Crippen molar-refractivity contribution in [3.63, 3.8) is 0 Å². The first-order valence-corrected chi connectivity index (χ1v) is 6.12. The van der Waals surface area contributed by atoms with Gasteiger partial charge < -0.3 is 9.84 Å². The van der Waals surface area contributed by atoms with Gasteiger partial charge in [-0.3, -0.25) is 0 Å². The Morgan fingerprint density at radius 3 is 2.73 bits per heavy atom. The predicted molar refractivity (Wildman–Crippen MR) is 65.5 cm³/mol. The van der Waals surface area contributed by atoms with Gasteiger partial charge in [0.2, 0.25) is 0 Å². The van der Waals surface area contributed by atoms with Crippen molar-refractivity contribution < 1.29 is 9.84 Å². The molecule has 0 spiro atoms. The highest BCUT2D eigenvalue weighted by molar-refractivity contribution is 7.99. The number of hydrogen-bond acceptors (Lipinski definition) is 3. The predicted octanol–water partition coefficient (Wildman–Crippen LogP) is 2.87. The fourth-order valence-corrected chi connectivity index (χ4v) is 1.99. The molecule has 3 heteroatoms. The van der Waals surface area contributed by atoms with E-state index in [4.69, 9.17) is 4.74 Å². The molecule has 0 aliphatic carbocycles. The Balaban J connectivity index is 2.60. The van der Waals surface area contributed by atoms with Crippen LogP contribution in [-0.2, 0) is 0 Å². The number of methoxy groups -OCH3 is 1. The fourth-order valence-electron chi connectivity index (χ4n) is 1.23. The molecule has 1 rings (SSSR count). The third kappa shape index (κ3) is 4.14. The van der Waals surface area contributed by atoms with Crippen LogP contribution in [0.5, 0.6) is 5.75 Å². The molecule has 1 N–H and O–H groups in total. The largest absolute Gasteiger partial charge is 0.497 e. The van der Waals surface area contributed by atoms with Gasteiger partial charge in [0.25, 0.3) is 0 Å². The molecule has 15 heavy (non-hydrogen) atoms. The van der Waals surface area contributed by atoms with Gasteiger partial charge >= 0.3 is 0 Å². The number of aliphatic hydroxyl groups excluding tert-OH is 1. The van der Waals surface area contributed by atoms with Crippen molar-refractivity contribution in [2.24, 2.45) is 0 Å². The van der Waals surface area contributed by atoms with Crippen LogP contribution in [0.1, 0.15) is 25.5 Å². The van der Waals surface area contributed by atoms with Gasteiger partial charge in [0.05, 0.1) is 13.2 Å². The molecule has 0 heterocycles. The average molecular weight is 226 g/mol. The molecule has 0 saturated heterocycles. The van der Waals surface area contributed by atoms with Gasteiger partial charge in [-0.1, -0.05) is 26.0 Å². The summed E-state index contributed by atoms with van der Waals surface area (Å²) in [5.74, 6) is 1.52. The molecule has 0 aromatic heterocycles. The van der Waals surface area contributed by atoms with E-state index in [1.54, 1.807) is 18.9 Å². The van der Waals surface area contributed by atoms with Gasteiger partial charge in [0.1, 0.15) is 5.75 Å². The molecule has 0 amide bonds. The summed E-state index contributed by atoms with van der Waals surface area (Å²) in [5.41, 5.74) is 0.919. The summed E-state index contributed by atoms with van der Waals surface area (Å²) < 4.78 is 5.11. The highest BCUT2D eigenvalue weighted by atomic mass is 32.2. The van der Waals surface area contributed by atoms with Gasteiger partial charge in [-0.25, -0.2) is 0 Å². The van der Waals surface area contributed by atoms with Crippen molar-refractivity contribution in [1.82, 2.24) is 0 Å². The van der Waals surface area contributed by atoms with Crippen molar-refractivity contribution in [3.05, 3.63) is 29.8 Å². The number of rotatable bonds is 5. The first-order chi connectivity index (χ1) is 7.13. The Morgan fingerprint density at radius 2 is 2.13 bits per heavy atom. The zero-order valence-corrected chi connectivity index (χ0v) is 10.3. The van der Waals surface area contributed by atoms with Crippen LogP contribution < -0.4 is 4.74 Å². The van der Waals surface area contributed by atoms with Crippen LogP contribution in [0.3, 0.4) is 0 Å². The van der Waals surface area contributed by atoms with Crippen LogP contribution in [0.15, 0.2) is 24.3 Å². The second-order valence-corrected chi connectivity index (χ2v) is 5.28. The lowest BCUT2D eigenvalue weighted by Gasteiger charge is -2.13. The number of ether oxygens (including phenoxy) is 1. The molecule has 1 aromatic rings. The number of aliphatic hydroxyl groups is 1. The summed E-state index contributed by atoms with van der Waals surface area (Å²) in [7, 11) is 1.63. The smallest absolute Gasteiger partial charge is 0.119 e. The quantitative estimate of drug-likeness (QED) is 0.837. The number of benzene rings is 1. The third-order valence-corrected chi connectivity index (χ3v) is 3.24. The summed E-state index contributed by atoms with van der Waals surface area (Å²) >= 11 is 1.76. The number of hydrogen-bond donors (Lipinski definition) is 1. The SMILES string of the molecule is COc1cccc(C(O)CSC(C)C)c1. The topological polar surface area (TPSA) is 29.5 Å². The molecule has 1 atom stereocenters. The minimum absolute atomic E-state index is 0.410. The Morgan fingerprint density at radius 1 is 1.40 bits per heavy atom. The minimum atomic E-state index is -0.410. The second-order valence-electron chi connectivity index (χ2n) is 3.67. The van der Waals surface area contributed by atoms with Crippen LogP contribution in [0.25, 0.3) is 0 Å². The molecule has 0 saturated carbocycles. The standard InChI is InChI=1S/C12H18O2S/c1-9(2)15-8-12(13)10-5-4-6-11(7-10)14-3/h4-7,9,12-13H,8H2,1-3H3. The van der Waals surface area contributed by atoms with Gasteiger partial charge in [0.15, 0.2) is 0 Å². The minimum Gasteiger partial charge on any atom is -0.497 e. The molecule has 0 fully saturated rings. The molecular formula is C12H18O2S. The lowest BCUT2D eigenvalue weighted by molar-refractivity contribution is 0.203. The van der Waals surface area contributed by atoms with E-state index in [0.29, 0.717) is 5.25 Å². The third-order valence-electron chi connectivity index (χ3n) is 2.07. The van der Waals surface area contributed by atoms with Crippen LogP contribution in [0, 0.1) is 0 Å². The molecule has 0 bridgehead atoms. The molecule has 1 aromatic carbocycles. The van der Waals surface area contributed by atoms with Gasteiger partial charge in [-0.05, 0) is 22.9 Å². The molecule has 84 valence electrons. The summed E-state index contributed by atoms with van der Waals surface area (Å²) in [6, 6.07) is 7.59. The zero-order chi connectivity index (χ0) is 11.3. The fraction of sp³-hybridized carbons (Fsp3) is 0.500. The van der Waals surface area contributed by atoms with Crippen molar-refractivity contribution in [2.75, 3.05) is 12.9 Å². The molecule has 0 aliphatic heterocycles. The van der Waals surface area contributed by atoms with Crippen LogP contribution >= 0.6 is 11.8 Å². The number of thioether (sulfide) groups is 1. The Hall–Kier alpha value is -0.670. The van der Waals surface area contributed by atoms with Crippen LogP contribution in [0.2, 0.25) is 0 Å². The Labute approximate surface area is 95.7 Å². The van der Waals surface area contributed by atoms with Crippen molar-refractivity contribution in [2.45, 2.75) is 25.2 Å². The zero-order valence-electron chi connectivity index (χ0n) is 9.43. The monoisotopic (exact) mass is 226 g/mol. The summed E-state index contributed by atoms with van der Waals surface area (Å²) in [5, 5.41) is 10.5. The van der Waals surface area contributed by atoms with Crippen LogP contribution in [-0.4, -0.2) is 23.2 Å². The van der Waals surface area contributed by atoms with Gasteiger partial charge in [-0.2, -0.15) is 11.8 Å². The lowest BCUT2D eigenvalue weighted by atomic mass is 10.1. The first-order valence-electron chi connectivity index (χ1n) is 5.07. The first kappa shape index (κ1) is 12.4. The van der Waals surface area contributed by atoms with E-state index in [9.17, 15) is 5.11 Å². The molecular weight excluding hydrogens is 208 g/mol. The van der Waals surface area contributed by atoms with Crippen molar-refractivity contribution in [3.8, 4) is 5.75 Å². The summed E-state index contributed by atoms with van der Waals surface area (Å²) in [6.45, 7) is 4.26. The lowest BCUT2D eigenvalue weighted by Crippen LogP contribution is -2.03. The normalized spacial score (nSPS) is 12.9. The Bertz CT molecular complexity index is 299. The van der Waals surface area contributed by atoms with E-state index in [-0.39, 0.29) is 0 Å². The molecule has 0 aliphatic rings. The molecule has 1 unspecified atom stereocenters.